The molecule has 2 aromatic heterocycles. The number of pyridine rings is 2. The maximum absolute atomic E-state index is 13.8. The van der Waals surface area contributed by atoms with Crippen LogP contribution in [0.25, 0.3) is 0 Å². The zero-order chi connectivity index (χ0) is 17.1. The Bertz CT molecular complexity index is 714. The molecule has 0 aromatic carbocycles. The summed E-state index contributed by atoms with van der Waals surface area (Å²) in [7, 11) is 0. The van der Waals surface area contributed by atoms with Crippen LogP contribution in [0.2, 0.25) is 0 Å². The molecule has 132 valence electrons. The minimum atomic E-state index is -0.316. The first-order chi connectivity index (χ1) is 12.2. The van der Waals surface area contributed by atoms with Crippen LogP contribution in [0.1, 0.15) is 25.0 Å². The average molecular weight is 342 g/mol. The van der Waals surface area contributed by atoms with E-state index in [1.54, 1.807) is 12.3 Å². The fourth-order valence-corrected chi connectivity index (χ4v) is 3.95. The summed E-state index contributed by atoms with van der Waals surface area (Å²) in [6.45, 7) is 3.40. The summed E-state index contributed by atoms with van der Waals surface area (Å²) in [6, 6.07) is 9.15. The monoisotopic (exact) mass is 342 g/mol. The van der Waals surface area contributed by atoms with E-state index in [1.807, 2.05) is 18.3 Å². The van der Waals surface area contributed by atoms with Crippen molar-refractivity contribution in [1.82, 2.24) is 14.9 Å². The lowest BCUT2D eigenvalue weighted by Gasteiger charge is -2.39. The van der Waals surface area contributed by atoms with Crippen LogP contribution in [-0.2, 0) is 11.3 Å². The Morgan fingerprint density at radius 3 is 3.00 bits per heavy atom. The predicted octanol–water partition coefficient (Wildman–Crippen LogP) is 2.85. The summed E-state index contributed by atoms with van der Waals surface area (Å²) in [6.07, 6.45) is 6.47. The van der Waals surface area contributed by atoms with Crippen molar-refractivity contribution < 1.29 is 9.13 Å². The number of piperidine rings is 1. The quantitative estimate of drug-likeness (QED) is 0.926. The van der Waals surface area contributed by atoms with E-state index in [0.717, 1.165) is 44.6 Å². The molecule has 1 N–H and O–H groups in total. The molecule has 0 amide bonds. The molecule has 2 saturated heterocycles. The summed E-state index contributed by atoms with van der Waals surface area (Å²) >= 11 is 0. The number of aromatic nitrogens is 2. The van der Waals surface area contributed by atoms with Crippen LogP contribution >= 0.6 is 0 Å². The molecular formula is C19H23FN4O. The maximum Gasteiger partial charge on any atom is 0.165 e. The molecule has 0 bridgehead atoms. The summed E-state index contributed by atoms with van der Waals surface area (Å²) in [4.78, 5) is 10.9. The number of hydrogen-bond donors (Lipinski definition) is 1. The van der Waals surface area contributed by atoms with Crippen LogP contribution < -0.4 is 5.32 Å². The molecule has 2 fully saturated rings. The van der Waals surface area contributed by atoms with Gasteiger partial charge in [-0.2, -0.15) is 0 Å². The van der Waals surface area contributed by atoms with Crippen LogP contribution in [0.3, 0.4) is 0 Å². The van der Waals surface area contributed by atoms with Gasteiger partial charge in [-0.3, -0.25) is 9.88 Å². The highest BCUT2D eigenvalue weighted by molar-refractivity contribution is 5.37. The van der Waals surface area contributed by atoms with Crippen molar-refractivity contribution in [3.63, 3.8) is 0 Å². The summed E-state index contributed by atoms with van der Waals surface area (Å²) in [5, 5.41) is 3.20. The Balaban J connectivity index is 1.38. The third-order valence-electron chi connectivity index (χ3n) is 5.04. The van der Waals surface area contributed by atoms with E-state index >= 15 is 0 Å². The third kappa shape index (κ3) is 3.80. The van der Waals surface area contributed by atoms with E-state index in [-0.39, 0.29) is 17.5 Å². The molecule has 6 heteroatoms. The molecule has 5 nitrogen and oxygen atoms in total. The lowest BCUT2D eigenvalue weighted by atomic mass is 9.88. The number of hydrogen-bond acceptors (Lipinski definition) is 5. The van der Waals surface area contributed by atoms with Crippen molar-refractivity contribution >= 4 is 5.82 Å². The zero-order valence-corrected chi connectivity index (χ0v) is 14.2. The number of halogens is 1. The molecule has 2 aromatic rings. The van der Waals surface area contributed by atoms with Gasteiger partial charge in [-0.1, -0.05) is 6.07 Å². The van der Waals surface area contributed by atoms with Gasteiger partial charge >= 0.3 is 0 Å². The van der Waals surface area contributed by atoms with Crippen LogP contribution in [0.15, 0.2) is 42.7 Å². The van der Waals surface area contributed by atoms with E-state index in [1.165, 1.54) is 6.07 Å². The first-order valence-electron chi connectivity index (χ1n) is 8.86. The van der Waals surface area contributed by atoms with Gasteiger partial charge < -0.3 is 10.1 Å². The van der Waals surface area contributed by atoms with Gasteiger partial charge in [0, 0.05) is 31.9 Å². The van der Waals surface area contributed by atoms with Gasteiger partial charge in [-0.15, -0.1) is 0 Å². The molecule has 2 aliphatic heterocycles. The lowest BCUT2D eigenvalue weighted by molar-refractivity contribution is -0.0535. The van der Waals surface area contributed by atoms with Gasteiger partial charge in [-0.05, 0) is 43.7 Å². The minimum Gasteiger partial charge on any atom is -0.371 e. The van der Waals surface area contributed by atoms with Crippen LogP contribution in [0, 0.1) is 5.82 Å². The van der Waals surface area contributed by atoms with Crippen molar-refractivity contribution in [3.8, 4) is 0 Å². The number of rotatable bonds is 4. The number of ether oxygens (including phenoxy) is 1. The summed E-state index contributed by atoms with van der Waals surface area (Å²) in [5.41, 5.74) is 0.943. The van der Waals surface area contributed by atoms with Gasteiger partial charge in [0.2, 0.25) is 0 Å². The lowest BCUT2D eigenvalue weighted by Crippen LogP contribution is -2.47. The highest BCUT2D eigenvalue weighted by atomic mass is 19.1. The average Bonchev–Trinajstić information content (AvgIpc) is 3.00. The first kappa shape index (κ1) is 16.4. The fraction of sp³-hybridized carbons (Fsp3) is 0.474. The second kappa shape index (κ2) is 7.06. The fourth-order valence-electron chi connectivity index (χ4n) is 3.95. The van der Waals surface area contributed by atoms with Gasteiger partial charge in [0.25, 0.3) is 0 Å². The number of nitrogens with one attached hydrogen (secondary N) is 1. The number of anilines is 1. The summed E-state index contributed by atoms with van der Waals surface area (Å²) < 4.78 is 20.0. The SMILES string of the molecule is Fc1cccnc1N[C@@H]1CO[C@]2(CCCN(Cc3ccccn3)C2)C1. The van der Waals surface area contributed by atoms with Crippen LogP contribution in [0.5, 0.6) is 0 Å². The zero-order valence-electron chi connectivity index (χ0n) is 14.2. The minimum absolute atomic E-state index is 0.0965. The van der Waals surface area contributed by atoms with Crippen molar-refractivity contribution in [1.29, 1.82) is 0 Å². The summed E-state index contributed by atoms with van der Waals surface area (Å²) in [5.74, 6) is -0.00169. The second-order valence-electron chi connectivity index (χ2n) is 7.01. The molecule has 1 spiro atoms. The number of likely N-dealkylation sites (tertiary alicyclic amines) is 1. The molecule has 0 radical (unpaired) electrons. The highest BCUT2D eigenvalue weighted by Gasteiger charge is 2.43. The first-order valence-corrected chi connectivity index (χ1v) is 8.86. The van der Waals surface area contributed by atoms with Crippen molar-refractivity contribution in [2.45, 2.75) is 37.5 Å². The van der Waals surface area contributed by atoms with Gasteiger partial charge in [0.15, 0.2) is 11.6 Å². The smallest absolute Gasteiger partial charge is 0.165 e. The Kier molecular flexibility index (Phi) is 4.63. The predicted molar refractivity (Wildman–Crippen MR) is 93.7 cm³/mol. The van der Waals surface area contributed by atoms with Crippen molar-refractivity contribution in [2.24, 2.45) is 0 Å². The molecule has 4 heterocycles. The van der Waals surface area contributed by atoms with E-state index < -0.39 is 0 Å². The molecule has 25 heavy (non-hydrogen) atoms. The number of nitrogens with zero attached hydrogens (tertiary/aromatic N) is 3. The van der Waals surface area contributed by atoms with Crippen molar-refractivity contribution in [3.05, 3.63) is 54.2 Å². The largest absolute Gasteiger partial charge is 0.371 e. The second-order valence-corrected chi connectivity index (χ2v) is 7.01. The van der Waals surface area contributed by atoms with Gasteiger partial charge in [-0.25, -0.2) is 9.37 Å². The molecule has 0 unspecified atom stereocenters. The van der Waals surface area contributed by atoms with Crippen molar-refractivity contribution in [2.75, 3.05) is 25.0 Å². The molecule has 0 saturated carbocycles. The highest BCUT2D eigenvalue weighted by Crippen LogP contribution is 2.36. The third-order valence-corrected chi connectivity index (χ3v) is 5.04. The normalized spacial score (nSPS) is 26.8. The molecule has 4 rings (SSSR count). The Labute approximate surface area is 147 Å². The Morgan fingerprint density at radius 2 is 2.16 bits per heavy atom. The van der Waals surface area contributed by atoms with Gasteiger partial charge in [0.05, 0.1) is 23.9 Å². The molecule has 0 aliphatic carbocycles. The van der Waals surface area contributed by atoms with Crippen LogP contribution in [0.4, 0.5) is 10.2 Å². The molecule has 2 atom stereocenters. The Hall–Kier alpha value is -2.05. The van der Waals surface area contributed by atoms with E-state index in [0.29, 0.717) is 12.4 Å². The van der Waals surface area contributed by atoms with E-state index in [9.17, 15) is 4.39 Å². The van der Waals surface area contributed by atoms with Crippen LogP contribution in [-0.4, -0.2) is 46.2 Å². The van der Waals surface area contributed by atoms with Gasteiger partial charge in [0.1, 0.15) is 0 Å². The topological polar surface area (TPSA) is 50.3 Å². The van der Waals surface area contributed by atoms with E-state index in [2.05, 4.69) is 26.3 Å². The standard InChI is InChI=1S/C19H23FN4O/c20-17-6-3-9-22-18(17)23-16-11-19(25-13-16)7-4-10-24(14-19)12-15-5-1-2-8-21-15/h1-3,5-6,8-9,16H,4,7,10-14H2,(H,22,23)/t16-,19+/m0/s1. The maximum atomic E-state index is 13.8. The molecule has 2 aliphatic rings. The Morgan fingerprint density at radius 1 is 1.24 bits per heavy atom. The molecular weight excluding hydrogens is 319 g/mol. The van der Waals surface area contributed by atoms with E-state index in [4.69, 9.17) is 4.74 Å².